The molecule has 0 bridgehead atoms. The number of rotatable bonds is 4. The van der Waals surface area contributed by atoms with E-state index in [9.17, 15) is 8.42 Å². The summed E-state index contributed by atoms with van der Waals surface area (Å²) in [6.07, 6.45) is 5.23. The van der Waals surface area contributed by atoms with Crippen LogP contribution < -0.4 is 10.0 Å². The highest BCUT2D eigenvalue weighted by atomic mass is 35.5. The Morgan fingerprint density at radius 1 is 0.938 bits per heavy atom. The zero-order chi connectivity index (χ0) is 22.5. The van der Waals surface area contributed by atoms with Gasteiger partial charge in [-0.3, -0.25) is 4.72 Å². The van der Waals surface area contributed by atoms with E-state index < -0.39 is 10.0 Å². The third-order valence-electron chi connectivity index (χ3n) is 6.03. The average molecular weight is 506 g/mol. The van der Waals surface area contributed by atoms with Crippen LogP contribution >= 0.6 is 34.8 Å². The molecule has 3 atom stereocenters. The predicted molar refractivity (Wildman–Crippen MR) is 132 cm³/mol. The van der Waals surface area contributed by atoms with Crippen molar-refractivity contribution in [3.63, 3.8) is 0 Å². The van der Waals surface area contributed by atoms with Gasteiger partial charge < -0.3 is 5.32 Å². The molecule has 0 radical (unpaired) electrons. The normalized spacial score (nSPS) is 21.5. The Bertz CT molecular complexity index is 1340. The second-order valence-electron chi connectivity index (χ2n) is 8.01. The molecule has 0 aromatic heterocycles. The van der Waals surface area contributed by atoms with Gasteiger partial charge in [-0.25, -0.2) is 8.42 Å². The summed E-state index contributed by atoms with van der Waals surface area (Å²) in [7, 11) is -3.85. The van der Waals surface area contributed by atoms with Crippen LogP contribution in [-0.4, -0.2) is 8.42 Å². The summed E-state index contributed by atoms with van der Waals surface area (Å²) in [5.74, 6) is 0.384. The van der Waals surface area contributed by atoms with Crippen molar-refractivity contribution in [2.45, 2.75) is 23.3 Å². The van der Waals surface area contributed by atoms with E-state index in [0.29, 0.717) is 10.0 Å². The summed E-state index contributed by atoms with van der Waals surface area (Å²) < 4.78 is 28.8. The molecule has 1 aliphatic heterocycles. The lowest BCUT2D eigenvalue weighted by Gasteiger charge is -2.37. The first kappa shape index (κ1) is 21.7. The van der Waals surface area contributed by atoms with Crippen LogP contribution in [0.3, 0.4) is 0 Å². The lowest BCUT2D eigenvalue weighted by molar-refractivity contribution is 0.425. The van der Waals surface area contributed by atoms with E-state index in [1.807, 2.05) is 24.3 Å². The van der Waals surface area contributed by atoms with Crippen LogP contribution in [0.1, 0.15) is 29.5 Å². The fraction of sp³-hybridized carbons (Fsp3) is 0.167. The van der Waals surface area contributed by atoms with Crippen molar-refractivity contribution < 1.29 is 8.42 Å². The minimum atomic E-state index is -3.85. The first-order valence-electron chi connectivity index (χ1n) is 10.1. The summed E-state index contributed by atoms with van der Waals surface area (Å²) >= 11 is 18.4. The van der Waals surface area contributed by atoms with Crippen molar-refractivity contribution in [2.24, 2.45) is 5.92 Å². The van der Waals surface area contributed by atoms with Gasteiger partial charge in [0.2, 0.25) is 0 Å². The minimum Gasteiger partial charge on any atom is -0.378 e. The SMILES string of the molecule is O=S(=O)(Nc1cc(Cl)ccc1Cl)c1ccc2c(c1)[C@H]1C=CC[C@H]1[C@@H](c1cccc(Cl)c1)N2. The van der Waals surface area contributed by atoms with Gasteiger partial charge in [0.25, 0.3) is 10.0 Å². The van der Waals surface area contributed by atoms with E-state index >= 15 is 0 Å². The van der Waals surface area contributed by atoms with Gasteiger partial charge in [-0.2, -0.15) is 0 Å². The second-order valence-corrected chi connectivity index (χ2v) is 11.0. The lowest BCUT2D eigenvalue weighted by Crippen LogP contribution is -2.29. The Morgan fingerprint density at radius 3 is 2.56 bits per heavy atom. The highest BCUT2D eigenvalue weighted by molar-refractivity contribution is 7.92. The van der Waals surface area contributed by atoms with Gasteiger partial charge in [0, 0.05) is 21.7 Å². The van der Waals surface area contributed by atoms with Gasteiger partial charge in [0.15, 0.2) is 0 Å². The van der Waals surface area contributed by atoms with E-state index in [0.717, 1.165) is 23.2 Å². The number of nitrogens with one attached hydrogen (secondary N) is 2. The predicted octanol–water partition coefficient (Wildman–Crippen LogP) is 7.27. The molecule has 32 heavy (non-hydrogen) atoms. The van der Waals surface area contributed by atoms with Crippen LogP contribution in [0.25, 0.3) is 0 Å². The average Bonchev–Trinajstić information content (AvgIpc) is 3.25. The minimum absolute atomic E-state index is 0.0899. The van der Waals surface area contributed by atoms with Gasteiger partial charge in [0.1, 0.15) is 0 Å². The topological polar surface area (TPSA) is 58.2 Å². The molecule has 1 heterocycles. The van der Waals surface area contributed by atoms with E-state index in [1.54, 1.807) is 24.3 Å². The van der Waals surface area contributed by atoms with Gasteiger partial charge in [-0.05, 0) is 72.0 Å². The maximum Gasteiger partial charge on any atom is 0.261 e. The summed E-state index contributed by atoms with van der Waals surface area (Å²) in [5, 5.41) is 4.98. The largest absolute Gasteiger partial charge is 0.378 e. The Labute approximate surface area is 202 Å². The lowest BCUT2D eigenvalue weighted by atomic mass is 9.77. The van der Waals surface area contributed by atoms with Crippen LogP contribution in [-0.2, 0) is 10.0 Å². The third kappa shape index (κ3) is 3.99. The van der Waals surface area contributed by atoms with Crippen molar-refractivity contribution in [2.75, 3.05) is 10.0 Å². The van der Waals surface area contributed by atoms with E-state index in [-0.39, 0.29) is 33.5 Å². The molecule has 0 fully saturated rings. The highest BCUT2D eigenvalue weighted by Crippen LogP contribution is 2.50. The molecule has 0 saturated heterocycles. The molecule has 0 unspecified atom stereocenters. The number of halogens is 3. The Kier molecular flexibility index (Phi) is 5.62. The van der Waals surface area contributed by atoms with Gasteiger partial charge in [-0.1, -0.05) is 59.1 Å². The van der Waals surface area contributed by atoms with Crippen LogP contribution in [0.4, 0.5) is 11.4 Å². The van der Waals surface area contributed by atoms with Crippen molar-refractivity contribution in [1.29, 1.82) is 0 Å². The van der Waals surface area contributed by atoms with Gasteiger partial charge in [-0.15, -0.1) is 0 Å². The van der Waals surface area contributed by atoms with Crippen LogP contribution in [0, 0.1) is 5.92 Å². The zero-order valence-electron chi connectivity index (χ0n) is 16.7. The molecular formula is C24H19Cl3N2O2S. The summed E-state index contributed by atoms with van der Waals surface area (Å²) in [4.78, 5) is 0.175. The molecule has 0 amide bonds. The molecule has 3 aromatic rings. The first-order chi connectivity index (χ1) is 15.3. The maximum atomic E-state index is 13.1. The third-order valence-corrected chi connectivity index (χ3v) is 8.19. The summed E-state index contributed by atoms with van der Waals surface area (Å²) in [6, 6.07) is 17.8. The van der Waals surface area contributed by atoms with E-state index in [4.69, 9.17) is 34.8 Å². The van der Waals surface area contributed by atoms with E-state index in [2.05, 4.69) is 28.3 Å². The smallest absolute Gasteiger partial charge is 0.261 e. The zero-order valence-corrected chi connectivity index (χ0v) is 19.8. The Morgan fingerprint density at radius 2 is 1.75 bits per heavy atom. The second kappa shape index (κ2) is 8.31. The maximum absolute atomic E-state index is 13.1. The molecule has 2 N–H and O–H groups in total. The first-order valence-corrected chi connectivity index (χ1v) is 12.7. The number of hydrogen-bond donors (Lipinski definition) is 2. The van der Waals surface area contributed by atoms with Crippen LogP contribution in [0.15, 0.2) is 77.7 Å². The van der Waals surface area contributed by atoms with Crippen LogP contribution in [0.5, 0.6) is 0 Å². The van der Waals surface area contributed by atoms with Gasteiger partial charge >= 0.3 is 0 Å². The number of fused-ring (bicyclic) bond motifs is 3. The molecule has 4 nitrogen and oxygen atoms in total. The molecule has 5 rings (SSSR count). The molecule has 1 aliphatic carbocycles. The number of sulfonamides is 1. The van der Waals surface area contributed by atoms with Crippen molar-refractivity contribution in [3.05, 3.63) is 99.0 Å². The molecule has 3 aromatic carbocycles. The Hall–Kier alpha value is -2.18. The highest BCUT2D eigenvalue weighted by Gasteiger charge is 2.38. The molecule has 0 saturated carbocycles. The standard InChI is InChI=1S/C24H19Cl3N2O2S/c25-15-4-1-3-14(11-15)24-19-6-2-5-18(19)20-13-17(8-10-22(20)28-24)32(30,31)29-23-12-16(26)7-9-21(23)27/h1-5,7-13,18-19,24,28-29H,6H2/t18-,19+,24+/m0/s1. The number of hydrogen-bond acceptors (Lipinski definition) is 3. The van der Waals surface area contributed by atoms with Crippen molar-refractivity contribution in [3.8, 4) is 0 Å². The van der Waals surface area contributed by atoms with Gasteiger partial charge in [0.05, 0.1) is 21.6 Å². The molecule has 8 heteroatoms. The quantitative estimate of drug-likeness (QED) is 0.366. The fourth-order valence-electron chi connectivity index (χ4n) is 4.55. The summed E-state index contributed by atoms with van der Waals surface area (Å²) in [5.41, 5.74) is 3.25. The molecule has 164 valence electrons. The Balaban J connectivity index is 1.50. The van der Waals surface area contributed by atoms with E-state index in [1.165, 1.54) is 6.07 Å². The number of benzene rings is 3. The monoisotopic (exact) mass is 504 g/mol. The number of allylic oxidation sites excluding steroid dienone is 2. The van der Waals surface area contributed by atoms with Crippen LogP contribution in [0.2, 0.25) is 15.1 Å². The summed E-state index contributed by atoms with van der Waals surface area (Å²) in [6.45, 7) is 0. The van der Waals surface area contributed by atoms with Crippen molar-refractivity contribution in [1.82, 2.24) is 0 Å². The number of anilines is 2. The molecule has 0 spiro atoms. The van der Waals surface area contributed by atoms with Crippen molar-refractivity contribution >= 4 is 56.2 Å². The molecule has 2 aliphatic rings. The fourth-order valence-corrected chi connectivity index (χ4v) is 6.25. The molecular weight excluding hydrogens is 487 g/mol.